The summed E-state index contributed by atoms with van der Waals surface area (Å²) in [6.07, 6.45) is 2.63. The van der Waals surface area contributed by atoms with E-state index in [9.17, 15) is 16.8 Å². The van der Waals surface area contributed by atoms with Crippen LogP contribution in [-0.4, -0.2) is 47.1 Å². The molecule has 1 unspecified atom stereocenters. The van der Waals surface area contributed by atoms with Crippen molar-refractivity contribution in [3.63, 3.8) is 0 Å². The number of nitrogens with one attached hydrogen (secondary N) is 1. The quantitative estimate of drug-likeness (QED) is 0.791. The van der Waals surface area contributed by atoms with Crippen LogP contribution in [0.1, 0.15) is 18.4 Å². The first-order chi connectivity index (χ1) is 12.8. The van der Waals surface area contributed by atoms with Crippen molar-refractivity contribution in [1.29, 1.82) is 0 Å². The maximum absolute atomic E-state index is 12.8. The van der Waals surface area contributed by atoms with Crippen molar-refractivity contribution in [1.82, 2.24) is 9.62 Å². The lowest BCUT2D eigenvalue weighted by Gasteiger charge is -2.33. The van der Waals surface area contributed by atoms with E-state index in [1.54, 1.807) is 0 Å². The Morgan fingerprint density at radius 2 is 1.59 bits per heavy atom. The van der Waals surface area contributed by atoms with E-state index < -0.39 is 19.9 Å². The third-order valence-corrected chi connectivity index (χ3v) is 7.48. The van der Waals surface area contributed by atoms with Gasteiger partial charge in [0.2, 0.25) is 10.0 Å². The van der Waals surface area contributed by atoms with Gasteiger partial charge in [-0.1, -0.05) is 42.5 Å². The van der Waals surface area contributed by atoms with Crippen LogP contribution in [0.15, 0.2) is 64.4 Å². The van der Waals surface area contributed by atoms with Gasteiger partial charge >= 0.3 is 0 Å². The first-order valence-corrected chi connectivity index (χ1v) is 12.2. The minimum Gasteiger partial charge on any atom is -0.298 e. The Balaban J connectivity index is 1.75. The molecule has 1 atom stereocenters. The predicted molar refractivity (Wildman–Crippen MR) is 105 cm³/mol. The van der Waals surface area contributed by atoms with Gasteiger partial charge in [0.1, 0.15) is 4.90 Å². The normalized spacial score (nSPS) is 19.1. The highest BCUT2D eigenvalue weighted by atomic mass is 32.2. The average Bonchev–Trinajstić information content (AvgIpc) is 2.62. The molecule has 8 heteroatoms. The van der Waals surface area contributed by atoms with Crippen LogP contribution >= 0.6 is 0 Å². The topological polar surface area (TPSA) is 83.5 Å². The van der Waals surface area contributed by atoms with Crippen molar-refractivity contribution in [3.05, 3.63) is 60.2 Å². The highest BCUT2D eigenvalue weighted by Crippen LogP contribution is 2.22. The Bertz CT molecular complexity index is 989. The number of hydrogen-bond acceptors (Lipinski definition) is 5. The molecule has 1 saturated heterocycles. The van der Waals surface area contributed by atoms with Crippen LogP contribution in [0, 0.1) is 0 Å². The van der Waals surface area contributed by atoms with Crippen molar-refractivity contribution < 1.29 is 16.8 Å². The van der Waals surface area contributed by atoms with Gasteiger partial charge < -0.3 is 0 Å². The minimum absolute atomic E-state index is 0.172. The summed E-state index contributed by atoms with van der Waals surface area (Å²) in [5, 5.41) is 0. The second kappa shape index (κ2) is 8.10. The third-order valence-electron chi connectivity index (χ3n) is 4.61. The van der Waals surface area contributed by atoms with E-state index in [0.29, 0.717) is 6.54 Å². The smallest absolute Gasteiger partial charge is 0.242 e. The summed E-state index contributed by atoms with van der Waals surface area (Å²) in [6, 6.07) is 15.5. The number of hydrogen-bond donors (Lipinski definition) is 1. The molecule has 0 radical (unpaired) electrons. The Morgan fingerprint density at radius 1 is 0.963 bits per heavy atom. The van der Waals surface area contributed by atoms with E-state index in [4.69, 9.17) is 0 Å². The molecule has 1 fully saturated rings. The van der Waals surface area contributed by atoms with Gasteiger partial charge in [-0.2, -0.15) is 0 Å². The number of rotatable bonds is 6. The van der Waals surface area contributed by atoms with E-state index >= 15 is 0 Å². The molecule has 1 heterocycles. The zero-order chi connectivity index (χ0) is 19.5. The molecule has 0 bridgehead atoms. The van der Waals surface area contributed by atoms with E-state index in [0.717, 1.165) is 32.2 Å². The first kappa shape index (κ1) is 20.0. The summed E-state index contributed by atoms with van der Waals surface area (Å²) in [7, 11) is -7.56. The monoisotopic (exact) mass is 408 g/mol. The molecule has 146 valence electrons. The zero-order valence-corrected chi connectivity index (χ0v) is 16.8. The summed E-state index contributed by atoms with van der Waals surface area (Å²) in [4.78, 5) is 1.86. The largest absolute Gasteiger partial charge is 0.298 e. The molecule has 0 aliphatic carbocycles. The SMILES string of the molecule is CS(=O)(=O)c1ccccc1S(=O)(=O)NC1CCCN(Cc2ccccc2)C1. The van der Waals surface area contributed by atoms with Gasteiger partial charge in [0.25, 0.3) is 0 Å². The van der Waals surface area contributed by atoms with Crippen molar-refractivity contribution in [2.24, 2.45) is 0 Å². The van der Waals surface area contributed by atoms with Gasteiger partial charge in [0, 0.05) is 25.4 Å². The standard InChI is InChI=1S/C19H24N2O4S2/c1-26(22,23)18-11-5-6-12-19(18)27(24,25)20-17-10-7-13-21(15-17)14-16-8-3-2-4-9-16/h2-6,8-9,11-12,17,20H,7,10,13-15H2,1H3. The summed E-state index contributed by atoms with van der Waals surface area (Å²) in [6.45, 7) is 2.27. The van der Waals surface area contributed by atoms with Crippen LogP contribution in [0.25, 0.3) is 0 Å². The third kappa shape index (κ3) is 5.16. The predicted octanol–water partition coefficient (Wildman–Crippen LogP) is 2.03. The highest BCUT2D eigenvalue weighted by Gasteiger charge is 2.28. The minimum atomic E-state index is -3.93. The Morgan fingerprint density at radius 3 is 2.26 bits per heavy atom. The van der Waals surface area contributed by atoms with E-state index in [1.807, 2.05) is 18.2 Å². The molecule has 2 aromatic rings. The first-order valence-electron chi connectivity index (χ1n) is 8.83. The fraction of sp³-hybridized carbons (Fsp3) is 0.368. The van der Waals surface area contributed by atoms with Crippen LogP contribution in [0.4, 0.5) is 0 Å². The fourth-order valence-electron chi connectivity index (χ4n) is 3.40. The lowest BCUT2D eigenvalue weighted by Crippen LogP contribution is -2.47. The van der Waals surface area contributed by atoms with Crippen molar-refractivity contribution in [3.8, 4) is 0 Å². The Kier molecular flexibility index (Phi) is 6.00. The van der Waals surface area contributed by atoms with Gasteiger partial charge in [-0.25, -0.2) is 21.6 Å². The summed E-state index contributed by atoms with van der Waals surface area (Å²) in [5.74, 6) is 0. The van der Waals surface area contributed by atoms with Gasteiger partial charge in [0.15, 0.2) is 9.84 Å². The average molecular weight is 409 g/mol. The van der Waals surface area contributed by atoms with Crippen molar-refractivity contribution >= 4 is 19.9 Å². The molecule has 0 aromatic heterocycles. The lowest BCUT2D eigenvalue weighted by molar-refractivity contribution is 0.194. The number of benzene rings is 2. The molecule has 1 N–H and O–H groups in total. The second-order valence-electron chi connectivity index (χ2n) is 6.90. The summed E-state index contributed by atoms with van der Waals surface area (Å²) >= 11 is 0. The number of sulfone groups is 1. The zero-order valence-electron chi connectivity index (χ0n) is 15.2. The molecule has 1 aliphatic rings. The van der Waals surface area contributed by atoms with Gasteiger partial charge in [0.05, 0.1) is 4.90 Å². The maximum Gasteiger partial charge on any atom is 0.242 e. The summed E-state index contributed by atoms with van der Waals surface area (Å²) in [5.41, 5.74) is 1.18. The molecule has 1 aliphatic heterocycles. The van der Waals surface area contributed by atoms with Crippen LogP contribution in [-0.2, 0) is 26.4 Å². The highest BCUT2D eigenvalue weighted by molar-refractivity contribution is 7.93. The second-order valence-corrected chi connectivity index (χ2v) is 10.6. The van der Waals surface area contributed by atoms with Crippen molar-refractivity contribution in [2.45, 2.75) is 35.2 Å². The van der Waals surface area contributed by atoms with Gasteiger partial charge in [-0.15, -0.1) is 0 Å². The molecular formula is C19H24N2O4S2. The Labute approximate surface area is 161 Å². The van der Waals surface area contributed by atoms with E-state index in [1.165, 1.54) is 29.8 Å². The van der Waals surface area contributed by atoms with E-state index in [-0.39, 0.29) is 15.8 Å². The van der Waals surface area contributed by atoms with Gasteiger partial charge in [-0.05, 0) is 37.1 Å². The van der Waals surface area contributed by atoms with Crippen LogP contribution < -0.4 is 4.72 Å². The number of nitrogens with zero attached hydrogens (tertiary/aromatic N) is 1. The van der Waals surface area contributed by atoms with E-state index in [2.05, 4.69) is 21.8 Å². The number of piperidine rings is 1. The van der Waals surface area contributed by atoms with Gasteiger partial charge in [-0.3, -0.25) is 4.90 Å². The number of likely N-dealkylation sites (tertiary alicyclic amines) is 1. The molecular weight excluding hydrogens is 384 g/mol. The Hall–Kier alpha value is -1.74. The summed E-state index contributed by atoms with van der Waals surface area (Å²) < 4.78 is 52.3. The fourth-order valence-corrected chi connectivity index (χ4v) is 6.29. The number of sulfonamides is 1. The molecule has 2 aromatic carbocycles. The van der Waals surface area contributed by atoms with Crippen LogP contribution in [0.5, 0.6) is 0 Å². The molecule has 6 nitrogen and oxygen atoms in total. The molecule has 3 rings (SSSR count). The molecule has 0 saturated carbocycles. The molecule has 0 amide bonds. The molecule has 27 heavy (non-hydrogen) atoms. The maximum atomic E-state index is 12.8. The van der Waals surface area contributed by atoms with Crippen LogP contribution in [0.3, 0.4) is 0 Å². The van der Waals surface area contributed by atoms with Crippen molar-refractivity contribution in [2.75, 3.05) is 19.3 Å². The molecule has 0 spiro atoms. The lowest BCUT2D eigenvalue weighted by atomic mass is 10.1. The van der Waals surface area contributed by atoms with Crippen LogP contribution in [0.2, 0.25) is 0 Å².